The van der Waals surface area contributed by atoms with Gasteiger partial charge in [0.15, 0.2) is 0 Å². The molecule has 0 unspecified atom stereocenters. The molecule has 0 radical (unpaired) electrons. The Bertz CT molecular complexity index is 1440. The fraction of sp³-hybridized carbons (Fsp3) is 0.310. The Labute approximate surface area is 254 Å². The normalized spacial score (nSPS) is 12.2. The second-order valence-corrected chi connectivity index (χ2v) is 13.5. The van der Waals surface area contributed by atoms with Crippen LogP contribution in [0.4, 0.5) is 5.69 Å². The molecule has 2 amide bonds. The topological polar surface area (TPSA) is 86.8 Å². The molecule has 1 N–H and O–H groups in total. The zero-order chi connectivity index (χ0) is 29.4. The van der Waals surface area contributed by atoms with Crippen molar-refractivity contribution in [3.8, 4) is 0 Å². The minimum Gasteiger partial charge on any atom is -0.354 e. The van der Waals surface area contributed by atoms with E-state index in [-0.39, 0.29) is 24.8 Å². The fourth-order valence-corrected chi connectivity index (χ4v) is 5.75. The highest BCUT2D eigenvalue weighted by Gasteiger charge is 2.33. The molecule has 40 heavy (non-hydrogen) atoms. The summed E-state index contributed by atoms with van der Waals surface area (Å²) in [5.74, 6) is -0.713. The first-order valence-corrected chi connectivity index (χ1v) is 16.0. The predicted molar refractivity (Wildman–Crippen MR) is 165 cm³/mol. The van der Waals surface area contributed by atoms with E-state index in [0.29, 0.717) is 32.3 Å². The minimum atomic E-state index is -3.86. The molecule has 3 rings (SSSR count). The molecule has 0 aliphatic rings. The SMILES string of the molecule is CC(C)CNC(=O)[C@H](Cc1ccccc1)N(Cc1ccc(Cl)cc1Cl)C(=O)CN(c1cccc(Br)c1)S(C)(=O)=O. The zero-order valence-electron chi connectivity index (χ0n) is 22.5. The van der Waals surface area contributed by atoms with Gasteiger partial charge in [0.1, 0.15) is 12.6 Å². The van der Waals surface area contributed by atoms with Gasteiger partial charge in [0.2, 0.25) is 21.8 Å². The van der Waals surface area contributed by atoms with Crippen molar-refractivity contribution in [2.75, 3.05) is 23.7 Å². The molecule has 1 atom stereocenters. The first-order valence-electron chi connectivity index (χ1n) is 12.6. The third-order valence-electron chi connectivity index (χ3n) is 6.09. The number of nitrogens with one attached hydrogen (secondary N) is 1. The van der Waals surface area contributed by atoms with E-state index in [9.17, 15) is 18.0 Å². The predicted octanol–water partition coefficient (Wildman–Crippen LogP) is 5.93. The lowest BCUT2D eigenvalue weighted by molar-refractivity contribution is -0.140. The van der Waals surface area contributed by atoms with Crippen molar-refractivity contribution < 1.29 is 18.0 Å². The van der Waals surface area contributed by atoms with Crippen molar-refractivity contribution in [3.05, 3.63) is 98.4 Å². The monoisotopic (exact) mass is 667 g/mol. The average Bonchev–Trinajstić information content (AvgIpc) is 2.88. The number of rotatable bonds is 12. The van der Waals surface area contributed by atoms with Gasteiger partial charge in [-0.3, -0.25) is 13.9 Å². The Morgan fingerprint density at radius 2 is 1.68 bits per heavy atom. The Morgan fingerprint density at radius 1 is 0.975 bits per heavy atom. The Balaban J connectivity index is 2.07. The summed E-state index contributed by atoms with van der Waals surface area (Å²) in [5, 5.41) is 3.71. The van der Waals surface area contributed by atoms with Gasteiger partial charge in [0.05, 0.1) is 11.9 Å². The van der Waals surface area contributed by atoms with Gasteiger partial charge in [-0.2, -0.15) is 0 Å². The van der Waals surface area contributed by atoms with E-state index in [0.717, 1.165) is 16.1 Å². The van der Waals surface area contributed by atoms with Crippen LogP contribution in [0.1, 0.15) is 25.0 Å². The maximum Gasteiger partial charge on any atom is 0.244 e. The molecule has 0 saturated carbocycles. The van der Waals surface area contributed by atoms with E-state index in [1.807, 2.05) is 44.2 Å². The van der Waals surface area contributed by atoms with E-state index in [1.165, 1.54) is 4.90 Å². The van der Waals surface area contributed by atoms with Gasteiger partial charge in [0, 0.05) is 34.0 Å². The highest BCUT2D eigenvalue weighted by atomic mass is 79.9. The highest BCUT2D eigenvalue weighted by Crippen LogP contribution is 2.26. The number of benzene rings is 3. The average molecular weight is 669 g/mol. The summed E-state index contributed by atoms with van der Waals surface area (Å²) in [6.07, 6.45) is 1.26. The van der Waals surface area contributed by atoms with Gasteiger partial charge >= 0.3 is 0 Å². The smallest absolute Gasteiger partial charge is 0.244 e. The van der Waals surface area contributed by atoms with Crippen LogP contribution < -0.4 is 9.62 Å². The van der Waals surface area contributed by atoms with E-state index in [2.05, 4.69) is 21.2 Å². The maximum atomic E-state index is 14.1. The lowest BCUT2D eigenvalue weighted by atomic mass is 10.0. The molecule has 3 aromatic rings. The van der Waals surface area contributed by atoms with Crippen molar-refractivity contribution in [1.29, 1.82) is 0 Å². The summed E-state index contributed by atoms with van der Waals surface area (Å²) in [6.45, 7) is 3.83. The van der Waals surface area contributed by atoms with Gasteiger partial charge in [-0.05, 0) is 47.4 Å². The van der Waals surface area contributed by atoms with Crippen molar-refractivity contribution in [2.24, 2.45) is 5.92 Å². The third-order valence-corrected chi connectivity index (χ3v) is 8.31. The lowest BCUT2D eigenvalue weighted by Crippen LogP contribution is -2.53. The molecule has 7 nitrogen and oxygen atoms in total. The van der Waals surface area contributed by atoms with Crippen LogP contribution in [-0.4, -0.2) is 50.5 Å². The molecule has 0 bridgehead atoms. The number of hydrogen-bond acceptors (Lipinski definition) is 4. The first-order chi connectivity index (χ1) is 18.8. The van der Waals surface area contributed by atoms with Crippen molar-refractivity contribution >= 4 is 66.7 Å². The molecule has 0 saturated heterocycles. The van der Waals surface area contributed by atoms with Crippen LogP contribution in [0.5, 0.6) is 0 Å². The number of carbonyl (C=O) groups is 2. The summed E-state index contributed by atoms with van der Waals surface area (Å²) in [7, 11) is -3.86. The number of halogens is 3. The molecule has 0 spiro atoms. The van der Waals surface area contributed by atoms with Crippen LogP contribution in [0.25, 0.3) is 0 Å². The molecule has 3 aromatic carbocycles. The van der Waals surface area contributed by atoms with Crippen molar-refractivity contribution in [1.82, 2.24) is 10.2 Å². The molecular formula is C29H32BrCl2N3O4S. The number of hydrogen-bond donors (Lipinski definition) is 1. The summed E-state index contributed by atoms with van der Waals surface area (Å²) >= 11 is 15.9. The molecular weight excluding hydrogens is 637 g/mol. The summed E-state index contributed by atoms with van der Waals surface area (Å²) in [5.41, 5.74) is 1.74. The molecule has 214 valence electrons. The fourth-order valence-electron chi connectivity index (χ4n) is 4.05. The standard InChI is InChI=1S/C29H32BrCl2N3O4S/c1-20(2)17-33-29(37)27(14-21-8-5-4-6-9-21)34(18-22-12-13-24(31)16-26(22)32)28(36)19-35(40(3,38)39)25-11-7-10-23(30)15-25/h4-13,15-16,20,27H,14,17-19H2,1-3H3,(H,33,37)/t27-/m0/s1. The number of carbonyl (C=O) groups excluding carboxylic acids is 2. The quantitative estimate of drug-likeness (QED) is 0.259. The zero-order valence-corrected chi connectivity index (χ0v) is 26.4. The van der Waals surface area contributed by atoms with Gasteiger partial charge in [-0.1, -0.05) is 95.4 Å². The summed E-state index contributed by atoms with van der Waals surface area (Å²) < 4.78 is 27.4. The van der Waals surface area contributed by atoms with Gasteiger partial charge < -0.3 is 10.2 Å². The Kier molecular flexibility index (Phi) is 11.5. The second-order valence-electron chi connectivity index (χ2n) is 9.85. The highest BCUT2D eigenvalue weighted by molar-refractivity contribution is 9.10. The van der Waals surface area contributed by atoms with Crippen molar-refractivity contribution in [3.63, 3.8) is 0 Å². The summed E-state index contributed by atoms with van der Waals surface area (Å²) in [4.78, 5) is 29.1. The third kappa shape index (κ3) is 9.23. The van der Waals surface area contributed by atoms with E-state index in [1.54, 1.807) is 42.5 Å². The van der Waals surface area contributed by atoms with Gasteiger partial charge in [-0.15, -0.1) is 0 Å². The second kappa shape index (κ2) is 14.3. The molecule has 11 heteroatoms. The Morgan fingerprint density at radius 3 is 2.27 bits per heavy atom. The molecule has 0 aromatic heterocycles. The first kappa shape index (κ1) is 31.9. The maximum absolute atomic E-state index is 14.1. The van der Waals surface area contributed by atoms with Gasteiger partial charge in [0.25, 0.3) is 0 Å². The molecule has 0 aliphatic carbocycles. The largest absolute Gasteiger partial charge is 0.354 e. The number of amides is 2. The minimum absolute atomic E-state index is 0.0302. The van der Waals surface area contributed by atoms with Gasteiger partial charge in [-0.25, -0.2) is 8.42 Å². The van der Waals surface area contributed by atoms with E-state index >= 15 is 0 Å². The summed E-state index contributed by atoms with van der Waals surface area (Å²) in [6, 6.07) is 20.0. The number of sulfonamides is 1. The molecule has 0 aliphatic heterocycles. The van der Waals surface area contributed by atoms with Crippen LogP contribution in [0.15, 0.2) is 77.3 Å². The Hall–Kier alpha value is -2.59. The van der Waals surface area contributed by atoms with Crippen LogP contribution in [0, 0.1) is 5.92 Å². The van der Waals surface area contributed by atoms with Crippen molar-refractivity contribution in [2.45, 2.75) is 32.9 Å². The van der Waals surface area contributed by atoms with E-state index < -0.39 is 28.5 Å². The van der Waals surface area contributed by atoms with E-state index in [4.69, 9.17) is 23.2 Å². The van der Waals surface area contributed by atoms with Crippen LogP contribution in [0.3, 0.4) is 0 Å². The molecule has 0 heterocycles. The lowest BCUT2D eigenvalue weighted by Gasteiger charge is -2.34. The van der Waals surface area contributed by atoms with Crippen LogP contribution in [-0.2, 0) is 32.6 Å². The van der Waals surface area contributed by atoms with Crippen LogP contribution in [0.2, 0.25) is 10.0 Å². The molecule has 0 fully saturated rings. The van der Waals surface area contributed by atoms with Crippen LogP contribution >= 0.6 is 39.1 Å². The number of anilines is 1. The number of nitrogens with zero attached hydrogens (tertiary/aromatic N) is 2.